The lowest BCUT2D eigenvalue weighted by Gasteiger charge is -2.13. The Bertz CT molecular complexity index is 716. The fourth-order valence-electron chi connectivity index (χ4n) is 1.98. The molecular formula is C18H18BrNO4. The minimum Gasteiger partial charge on any atom is -0.493 e. The molecular weight excluding hydrogens is 374 g/mol. The van der Waals surface area contributed by atoms with Crippen molar-refractivity contribution in [3.05, 3.63) is 52.5 Å². The summed E-state index contributed by atoms with van der Waals surface area (Å²) < 4.78 is 16.6. The quantitative estimate of drug-likeness (QED) is 0.525. The van der Waals surface area contributed by atoms with Gasteiger partial charge in [0, 0.05) is 16.3 Å². The Balaban J connectivity index is 2.29. The van der Waals surface area contributed by atoms with Gasteiger partial charge in [-0.2, -0.15) is 0 Å². The molecule has 0 aromatic heterocycles. The number of esters is 1. The molecule has 126 valence electrons. The summed E-state index contributed by atoms with van der Waals surface area (Å²) >= 11 is 3.43. The van der Waals surface area contributed by atoms with E-state index in [-0.39, 0.29) is 6.61 Å². The molecule has 0 saturated heterocycles. The van der Waals surface area contributed by atoms with Gasteiger partial charge in [-0.25, -0.2) is 4.79 Å². The summed E-state index contributed by atoms with van der Waals surface area (Å²) in [5.74, 6) is 0.505. The highest BCUT2D eigenvalue weighted by Crippen LogP contribution is 2.34. The fraction of sp³-hybridized carbons (Fsp3) is 0.222. The molecule has 0 aliphatic rings. The Labute approximate surface area is 149 Å². The van der Waals surface area contributed by atoms with Crippen LogP contribution in [0.2, 0.25) is 0 Å². The molecule has 2 aromatic carbocycles. The standard InChI is InChI=1S/C18H18BrNO4/c1-3-23-17(21)12-24-18-13(9-14(19)10-16(18)22-2)11-20-15-7-5-4-6-8-15/h4-11H,3,12H2,1-2H3/b20-11-. The first-order valence-corrected chi connectivity index (χ1v) is 8.18. The zero-order valence-corrected chi connectivity index (χ0v) is 15.1. The van der Waals surface area contributed by atoms with Gasteiger partial charge < -0.3 is 14.2 Å². The van der Waals surface area contributed by atoms with Gasteiger partial charge in [0.1, 0.15) is 0 Å². The number of para-hydroxylation sites is 1. The zero-order valence-electron chi connectivity index (χ0n) is 13.5. The van der Waals surface area contributed by atoms with Crippen molar-refractivity contribution in [1.82, 2.24) is 0 Å². The number of hydrogen-bond donors (Lipinski definition) is 0. The van der Waals surface area contributed by atoms with Gasteiger partial charge in [-0.1, -0.05) is 34.1 Å². The maximum Gasteiger partial charge on any atom is 0.344 e. The van der Waals surface area contributed by atoms with Crippen molar-refractivity contribution >= 4 is 33.8 Å². The van der Waals surface area contributed by atoms with Gasteiger partial charge in [0.25, 0.3) is 0 Å². The Morgan fingerprint density at radius 1 is 1.25 bits per heavy atom. The average Bonchev–Trinajstić information content (AvgIpc) is 2.59. The Hall–Kier alpha value is -2.34. The second kappa shape index (κ2) is 9.08. The third kappa shape index (κ3) is 5.09. The van der Waals surface area contributed by atoms with Gasteiger partial charge >= 0.3 is 5.97 Å². The van der Waals surface area contributed by atoms with E-state index in [1.807, 2.05) is 36.4 Å². The van der Waals surface area contributed by atoms with Crippen LogP contribution < -0.4 is 9.47 Å². The van der Waals surface area contributed by atoms with E-state index in [1.165, 1.54) is 7.11 Å². The van der Waals surface area contributed by atoms with E-state index in [2.05, 4.69) is 20.9 Å². The third-order valence-electron chi connectivity index (χ3n) is 3.02. The maximum absolute atomic E-state index is 11.5. The smallest absolute Gasteiger partial charge is 0.344 e. The molecule has 0 aliphatic heterocycles. The lowest BCUT2D eigenvalue weighted by atomic mass is 10.2. The molecule has 2 rings (SSSR count). The van der Waals surface area contributed by atoms with Crippen LogP contribution in [0.3, 0.4) is 0 Å². The summed E-state index contributed by atoms with van der Waals surface area (Å²) in [6.07, 6.45) is 1.67. The monoisotopic (exact) mass is 391 g/mol. The van der Waals surface area contributed by atoms with Crippen LogP contribution in [-0.2, 0) is 9.53 Å². The summed E-state index contributed by atoms with van der Waals surface area (Å²) in [7, 11) is 1.54. The van der Waals surface area contributed by atoms with Gasteiger partial charge in [0.2, 0.25) is 0 Å². The number of methoxy groups -OCH3 is 1. The molecule has 0 amide bonds. The predicted octanol–water partition coefficient (Wildman–Crippen LogP) is 4.15. The number of halogens is 1. The lowest BCUT2D eigenvalue weighted by Crippen LogP contribution is -2.15. The number of rotatable bonds is 7. The fourth-order valence-corrected chi connectivity index (χ4v) is 2.44. The van der Waals surface area contributed by atoms with E-state index in [1.54, 1.807) is 19.2 Å². The van der Waals surface area contributed by atoms with Gasteiger partial charge in [0.15, 0.2) is 18.1 Å². The molecule has 0 heterocycles. The van der Waals surface area contributed by atoms with Crippen molar-refractivity contribution in [2.45, 2.75) is 6.92 Å². The molecule has 0 aliphatic carbocycles. The van der Waals surface area contributed by atoms with Gasteiger partial charge in [-0.05, 0) is 31.2 Å². The van der Waals surface area contributed by atoms with E-state index in [0.717, 1.165) is 10.2 Å². The highest BCUT2D eigenvalue weighted by atomic mass is 79.9. The number of aliphatic imine (C=N–C) groups is 1. The lowest BCUT2D eigenvalue weighted by molar-refractivity contribution is -0.145. The maximum atomic E-state index is 11.5. The molecule has 6 heteroatoms. The molecule has 0 unspecified atom stereocenters. The average molecular weight is 392 g/mol. The van der Waals surface area contributed by atoms with E-state index in [4.69, 9.17) is 14.2 Å². The molecule has 0 N–H and O–H groups in total. The Morgan fingerprint density at radius 2 is 2.00 bits per heavy atom. The summed E-state index contributed by atoms with van der Waals surface area (Å²) in [4.78, 5) is 16.0. The number of nitrogens with zero attached hydrogens (tertiary/aromatic N) is 1. The van der Waals surface area contributed by atoms with Crippen LogP contribution >= 0.6 is 15.9 Å². The van der Waals surface area contributed by atoms with Crippen molar-refractivity contribution in [3.8, 4) is 11.5 Å². The normalized spacial score (nSPS) is 10.6. The summed E-state index contributed by atoms with van der Waals surface area (Å²) in [6.45, 7) is 1.86. The van der Waals surface area contributed by atoms with Crippen molar-refractivity contribution in [3.63, 3.8) is 0 Å². The second-order valence-corrected chi connectivity index (χ2v) is 5.63. The largest absolute Gasteiger partial charge is 0.493 e. The van der Waals surface area contributed by atoms with Crippen LogP contribution in [0.15, 0.2) is 51.9 Å². The summed E-state index contributed by atoms with van der Waals surface area (Å²) in [5, 5.41) is 0. The summed E-state index contributed by atoms with van der Waals surface area (Å²) in [5.41, 5.74) is 1.50. The van der Waals surface area contributed by atoms with E-state index in [0.29, 0.717) is 23.7 Å². The first-order valence-electron chi connectivity index (χ1n) is 7.39. The number of carbonyl (C=O) groups is 1. The molecule has 0 radical (unpaired) electrons. The summed E-state index contributed by atoms with van der Waals surface area (Å²) in [6, 6.07) is 13.1. The number of ether oxygens (including phenoxy) is 3. The van der Waals surface area contributed by atoms with Gasteiger partial charge in [-0.3, -0.25) is 4.99 Å². The number of carbonyl (C=O) groups excluding carboxylic acids is 1. The first kappa shape index (κ1) is 18.0. The Kier molecular flexibility index (Phi) is 6.81. The molecule has 2 aromatic rings. The van der Waals surface area contributed by atoms with Gasteiger partial charge in [0.05, 0.1) is 19.4 Å². The number of hydrogen-bond acceptors (Lipinski definition) is 5. The van der Waals surface area contributed by atoms with Crippen LogP contribution in [0.1, 0.15) is 12.5 Å². The zero-order chi connectivity index (χ0) is 17.4. The van der Waals surface area contributed by atoms with Crippen molar-refractivity contribution in [2.24, 2.45) is 4.99 Å². The molecule has 0 fully saturated rings. The van der Waals surface area contributed by atoms with Gasteiger partial charge in [-0.15, -0.1) is 0 Å². The molecule has 0 bridgehead atoms. The Morgan fingerprint density at radius 3 is 2.67 bits per heavy atom. The molecule has 0 spiro atoms. The highest BCUT2D eigenvalue weighted by molar-refractivity contribution is 9.10. The van der Waals surface area contributed by atoms with Crippen LogP contribution in [0, 0.1) is 0 Å². The highest BCUT2D eigenvalue weighted by Gasteiger charge is 2.14. The molecule has 0 saturated carbocycles. The van der Waals surface area contributed by atoms with Crippen molar-refractivity contribution in [1.29, 1.82) is 0 Å². The van der Waals surface area contributed by atoms with E-state index >= 15 is 0 Å². The third-order valence-corrected chi connectivity index (χ3v) is 3.47. The minimum absolute atomic E-state index is 0.196. The first-order chi connectivity index (χ1) is 11.6. The molecule has 0 atom stereocenters. The van der Waals surface area contributed by atoms with Crippen molar-refractivity contribution < 1.29 is 19.0 Å². The number of benzene rings is 2. The van der Waals surface area contributed by atoms with E-state index < -0.39 is 5.97 Å². The van der Waals surface area contributed by atoms with Crippen LogP contribution in [0.25, 0.3) is 0 Å². The van der Waals surface area contributed by atoms with E-state index in [9.17, 15) is 4.79 Å². The predicted molar refractivity (Wildman–Crippen MR) is 96.5 cm³/mol. The topological polar surface area (TPSA) is 57.1 Å². The van der Waals surface area contributed by atoms with Crippen molar-refractivity contribution in [2.75, 3.05) is 20.3 Å². The van der Waals surface area contributed by atoms with Crippen LogP contribution in [-0.4, -0.2) is 32.5 Å². The van der Waals surface area contributed by atoms with Crippen LogP contribution in [0.4, 0.5) is 5.69 Å². The van der Waals surface area contributed by atoms with Crippen LogP contribution in [0.5, 0.6) is 11.5 Å². The second-order valence-electron chi connectivity index (χ2n) is 4.71. The minimum atomic E-state index is -0.437. The molecule has 5 nitrogen and oxygen atoms in total. The molecule has 24 heavy (non-hydrogen) atoms. The SMILES string of the molecule is CCOC(=O)COc1c(/C=N\c2ccccc2)cc(Br)cc1OC.